The van der Waals surface area contributed by atoms with Crippen LogP contribution in [0, 0.1) is 0 Å². The third-order valence-corrected chi connectivity index (χ3v) is 15.7. The standard InChI is InChI=1S/C61H117NO13/c1-3-5-7-9-11-13-15-16-17-18-19-20-21-22-23-24-25-26-27-28-29-30-31-32-33-35-37-39-41-43-45-53(66)62-49(50(65)44-42-40-38-36-34-14-12-10-8-6-4-2)48-72-60-58(71)56(69)59(52(47-64)74-60)75-61-57(70)55(68)54(67)51(46-63)73-61/h42,44,49-52,54-61,63-65,67-71H,3-41,43,45-48H2,1-2H3,(H,62,66)/b44-42+. The van der Waals surface area contributed by atoms with E-state index in [-0.39, 0.29) is 18.9 Å². The molecule has 444 valence electrons. The lowest BCUT2D eigenvalue weighted by atomic mass is 9.97. The Bertz CT molecular complexity index is 1310. The van der Waals surface area contributed by atoms with E-state index in [0.717, 1.165) is 38.5 Å². The highest BCUT2D eigenvalue weighted by Gasteiger charge is 2.51. The van der Waals surface area contributed by atoms with Crippen LogP contribution in [0.4, 0.5) is 0 Å². The summed E-state index contributed by atoms with van der Waals surface area (Å²) >= 11 is 0. The maximum atomic E-state index is 13.2. The summed E-state index contributed by atoms with van der Waals surface area (Å²) in [5, 5.41) is 86.9. The maximum absolute atomic E-state index is 13.2. The van der Waals surface area contributed by atoms with Gasteiger partial charge in [0.25, 0.3) is 0 Å². The van der Waals surface area contributed by atoms with E-state index in [1.807, 2.05) is 6.08 Å². The van der Waals surface area contributed by atoms with E-state index in [1.54, 1.807) is 6.08 Å². The highest BCUT2D eigenvalue weighted by atomic mass is 16.7. The molecular formula is C61H117NO13. The number of hydrogen-bond donors (Lipinski definition) is 9. The highest BCUT2D eigenvalue weighted by Crippen LogP contribution is 2.30. The normalized spacial score (nSPS) is 25.0. The molecule has 0 spiro atoms. The Balaban J connectivity index is 1.63. The van der Waals surface area contributed by atoms with Gasteiger partial charge in [-0.2, -0.15) is 0 Å². The quantitative estimate of drug-likeness (QED) is 0.0204. The number of aliphatic hydroxyl groups is 8. The van der Waals surface area contributed by atoms with Gasteiger partial charge in [0.05, 0.1) is 32.0 Å². The molecule has 2 saturated heterocycles. The molecule has 0 aromatic carbocycles. The second-order valence-electron chi connectivity index (χ2n) is 22.6. The van der Waals surface area contributed by atoms with Crippen LogP contribution in [0.2, 0.25) is 0 Å². The molecule has 14 heteroatoms. The van der Waals surface area contributed by atoms with Crippen LogP contribution in [0.5, 0.6) is 0 Å². The van der Waals surface area contributed by atoms with Gasteiger partial charge in [-0.3, -0.25) is 4.79 Å². The average molecular weight is 1070 g/mol. The molecule has 2 aliphatic rings. The topological polar surface area (TPSA) is 228 Å². The minimum atomic E-state index is -1.78. The van der Waals surface area contributed by atoms with Crippen molar-refractivity contribution in [3.63, 3.8) is 0 Å². The summed E-state index contributed by atoms with van der Waals surface area (Å²) in [5.74, 6) is -0.235. The fourth-order valence-electron chi connectivity index (χ4n) is 10.6. The van der Waals surface area contributed by atoms with E-state index in [0.29, 0.717) is 6.42 Å². The van der Waals surface area contributed by atoms with Crippen molar-refractivity contribution in [2.24, 2.45) is 0 Å². The molecule has 1 amide bonds. The van der Waals surface area contributed by atoms with Crippen molar-refractivity contribution >= 4 is 5.91 Å². The van der Waals surface area contributed by atoms with Crippen LogP contribution >= 0.6 is 0 Å². The first-order valence-corrected chi connectivity index (χ1v) is 31.4. The second kappa shape index (κ2) is 47.5. The smallest absolute Gasteiger partial charge is 0.220 e. The number of hydrogen-bond acceptors (Lipinski definition) is 13. The highest BCUT2D eigenvalue weighted by molar-refractivity contribution is 5.76. The third-order valence-electron chi connectivity index (χ3n) is 15.7. The summed E-state index contributed by atoms with van der Waals surface area (Å²) in [7, 11) is 0. The van der Waals surface area contributed by atoms with Crippen LogP contribution in [0.25, 0.3) is 0 Å². The molecule has 0 aromatic rings. The number of unbranched alkanes of at least 4 members (excludes halogenated alkanes) is 38. The van der Waals surface area contributed by atoms with Gasteiger partial charge in [-0.25, -0.2) is 0 Å². The number of nitrogens with one attached hydrogen (secondary N) is 1. The summed E-state index contributed by atoms with van der Waals surface area (Å²) < 4.78 is 22.7. The fraction of sp³-hybridized carbons (Fsp3) is 0.951. The largest absolute Gasteiger partial charge is 0.394 e. The molecule has 9 N–H and O–H groups in total. The second-order valence-corrected chi connectivity index (χ2v) is 22.6. The summed E-state index contributed by atoms with van der Waals surface area (Å²) in [5.41, 5.74) is 0. The Morgan fingerprint density at radius 3 is 1.23 bits per heavy atom. The Morgan fingerprint density at radius 1 is 0.467 bits per heavy atom. The molecule has 2 aliphatic heterocycles. The van der Waals surface area contributed by atoms with Gasteiger partial charge < -0.3 is 65.1 Å². The molecule has 0 aliphatic carbocycles. The Labute approximate surface area is 456 Å². The Hall–Kier alpha value is -1.27. The molecule has 14 nitrogen and oxygen atoms in total. The molecule has 12 atom stereocenters. The average Bonchev–Trinajstić information content (AvgIpc) is 3.41. The molecule has 75 heavy (non-hydrogen) atoms. The fourth-order valence-corrected chi connectivity index (χ4v) is 10.6. The van der Waals surface area contributed by atoms with Crippen molar-refractivity contribution in [3.05, 3.63) is 12.2 Å². The molecular weight excluding hydrogens is 955 g/mol. The van der Waals surface area contributed by atoms with E-state index in [9.17, 15) is 45.6 Å². The first-order valence-electron chi connectivity index (χ1n) is 31.4. The zero-order valence-corrected chi connectivity index (χ0v) is 47.8. The molecule has 12 unspecified atom stereocenters. The van der Waals surface area contributed by atoms with Gasteiger partial charge in [0.1, 0.15) is 48.8 Å². The monoisotopic (exact) mass is 1070 g/mol. The van der Waals surface area contributed by atoms with Gasteiger partial charge in [-0.05, 0) is 19.3 Å². The Morgan fingerprint density at radius 2 is 0.827 bits per heavy atom. The molecule has 2 rings (SSSR count). The predicted octanol–water partition coefficient (Wildman–Crippen LogP) is 11.1. The van der Waals surface area contributed by atoms with Crippen LogP contribution in [0.3, 0.4) is 0 Å². The summed E-state index contributed by atoms with van der Waals surface area (Å²) in [6.45, 7) is 2.81. The van der Waals surface area contributed by atoms with Gasteiger partial charge in [-0.1, -0.05) is 264 Å². The Kier molecular flexibility index (Phi) is 44.3. The number of aliphatic hydroxyl groups excluding tert-OH is 8. The predicted molar refractivity (Wildman–Crippen MR) is 300 cm³/mol. The number of amides is 1. The molecule has 2 heterocycles. The number of allylic oxidation sites excluding steroid dienone is 1. The summed E-state index contributed by atoms with van der Waals surface area (Å²) in [4.78, 5) is 13.2. The molecule has 0 aromatic heterocycles. The summed E-state index contributed by atoms with van der Waals surface area (Å²) in [6, 6.07) is -0.908. The summed E-state index contributed by atoms with van der Waals surface area (Å²) in [6.07, 6.45) is 38.6. The van der Waals surface area contributed by atoms with Gasteiger partial charge in [0, 0.05) is 6.42 Å². The molecule has 0 bridgehead atoms. The van der Waals surface area contributed by atoms with Crippen molar-refractivity contribution in [1.29, 1.82) is 0 Å². The van der Waals surface area contributed by atoms with Crippen molar-refractivity contribution < 1.29 is 64.6 Å². The van der Waals surface area contributed by atoms with Gasteiger partial charge >= 0.3 is 0 Å². The SMILES string of the molecule is CCCCCCCCCCC/C=C/C(O)C(COC1OC(CO)C(OC2OC(CO)C(O)C(O)C2O)C(O)C1O)NC(=O)CCCCCCCCCCCCCCCCCCCCCCCCCCCCCCCC. The number of ether oxygens (including phenoxy) is 4. The first kappa shape index (κ1) is 69.8. The van der Waals surface area contributed by atoms with Gasteiger partial charge in [0.2, 0.25) is 5.91 Å². The minimum absolute atomic E-state index is 0.235. The first-order chi connectivity index (χ1) is 36.6. The van der Waals surface area contributed by atoms with Crippen molar-refractivity contribution in [1.82, 2.24) is 5.32 Å². The van der Waals surface area contributed by atoms with Gasteiger partial charge in [-0.15, -0.1) is 0 Å². The number of rotatable bonds is 51. The third kappa shape index (κ3) is 33.2. The van der Waals surface area contributed by atoms with Crippen molar-refractivity contribution in [2.75, 3.05) is 19.8 Å². The minimum Gasteiger partial charge on any atom is -0.394 e. The van der Waals surface area contributed by atoms with Crippen LogP contribution in [0.1, 0.15) is 277 Å². The lowest BCUT2D eigenvalue weighted by molar-refractivity contribution is -0.359. The number of carbonyl (C=O) groups excluding carboxylic acids is 1. The molecule has 0 saturated carbocycles. The van der Waals surface area contributed by atoms with E-state index >= 15 is 0 Å². The van der Waals surface area contributed by atoms with E-state index in [1.165, 1.54) is 212 Å². The molecule has 2 fully saturated rings. The lowest BCUT2D eigenvalue weighted by Crippen LogP contribution is -2.65. The van der Waals surface area contributed by atoms with Gasteiger partial charge in [0.15, 0.2) is 12.6 Å². The van der Waals surface area contributed by atoms with Crippen LogP contribution in [-0.2, 0) is 23.7 Å². The van der Waals surface area contributed by atoms with Crippen LogP contribution < -0.4 is 5.32 Å². The lowest BCUT2D eigenvalue weighted by Gasteiger charge is -2.46. The number of carbonyl (C=O) groups is 1. The molecule has 0 radical (unpaired) electrons. The van der Waals surface area contributed by atoms with E-state index in [4.69, 9.17) is 18.9 Å². The zero-order chi connectivity index (χ0) is 54.6. The van der Waals surface area contributed by atoms with E-state index in [2.05, 4.69) is 19.2 Å². The van der Waals surface area contributed by atoms with Crippen molar-refractivity contribution in [3.8, 4) is 0 Å². The zero-order valence-electron chi connectivity index (χ0n) is 47.8. The van der Waals surface area contributed by atoms with Crippen LogP contribution in [0.15, 0.2) is 12.2 Å². The maximum Gasteiger partial charge on any atom is 0.220 e. The van der Waals surface area contributed by atoms with E-state index < -0.39 is 86.8 Å². The van der Waals surface area contributed by atoms with Crippen molar-refractivity contribution in [2.45, 2.75) is 351 Å². The van der Waals surface area contributed by atoms with Crippen LogP contribution in [-0.4, -0.2) is 140 Å².